The molecule has 7 heteroatoms. The number of carbonyl (C=O) groups is 1. The minimum absolute atomic E-state index is 0.0228. The minimum atomic E-state index is 0.0228. The van der Waals surface area contributed by atoms with Crippen LogP contribution in [0.1, 0.15) is 48.0 Å². The van der Waals surface area contributed by atoms with Crippen molar-refractivity contribution in [1.82, 2.24) is 25.3 Å². The molecule has 0 aliphatic heterocycles. The fourth-order valence-corrected chi connectivity index (χ4v) is 4.54. The van der Waals surface area contributed by atoms with E-state index in [2.05, 4.69) is 68.2 Å². The Morgan fingerprint density at radius 1 is 1.39 bits per heavy atom. The third-order valence-corrected chi connectivity index (χ3v) is 6.20. The summed E-state index contributed by atoms with van der Waals surface area (Å²) in [7, 11) is 0. The van der Waals surface area contributed by atoms with Gasteiger partial charge in [-0.15, -0.1) is 16.4 Å². The zero-order valence-corrected chi connectivity index (χ0v) is 18.5. The Bertz CT molecular complexity index is 833. The van der Waals surface area contributed by atoms with Gasteiger partial charge in [-0.1, -0.05) is 44.6 Å². The topological polar surface area (TPSA) is 72.7 Å². The quantitative estimate of drug-likeness (QED) is 0.674. The highest BCUT2D eigenvalue weighted by Crippen LogP contribution is 2.59. The summed E-state index contributed by atoms with van der Waals surface area (Å²) in [5.41, 5.74) is 2.07. The van der Waals surface area contributed by atoms with E-state index in [1.165, 1.54) is 5.57 Å². The highest BCUT2D eigenvalue weighted by Gasteiger charge is 2.60. The lowest BCUT2D eigenvalue weighted by molar-refractivity contribution is -0.124. The van der Waals surface area contributed by atoms with Crippen molar-refractivity contribution >= 4 is 17.2 Å². The summed E-state index contributed by atoms with van der Waals surface area (Å²) in [6.45, 7) is 13.5. The van der Waals surface area contributed by atoms with Crippen molar-refractivity contribution < 1.29 is 4.79 Å². The van der Waals surface area contributed by atoms with Crippen LogP contribution in [0.5, 0.6) is 0 Å². The zero-order valence-electron chi connectivity index (χ0n) is 17.6. The summed E-state index contributed by atoms with van der Waals surface area (Å²) >= 11 is 1.54. The van der Waals surface area contributed by atoms with Crippen LogP contribution < -0.4 is 5.32 Å². The number of amides is 1. The highest BCUT2D eigenvalue weighted by atomic mass is 32.1. The van der Waals surface area contributed by atoms with Crippen molar-refractivity contribution in [3.8, 4) is 10.7 Å². The molecule has 6 nitrogen and oxygen atoms in total. The van der Waals surface area contributed by atoms with Crippen molar-refractivity contribution in [2.24, 2.45) is 23.2 Å². The first-order valence-corrected chi connectivity index (χ1v) is 10.8. The predicted octanol–water partition coefficient (Wildman–Crippen LogP) is 4.17. The van der Waals surface area contributed by atoms with Crippen molar-refractivity contribution in [1.29, 1.82) is 0 Å². The average Bonchev–Trinajstić information content (AvgIpc) is 3.02. The second-order valence-corrected chi connectivity index (χ2v) is 9.96. The molecule has 0 spiro atoms. The summed E-state index contributed by atoms with van der Waals surface area (Å²) in [5, 5.41) is 14.5. The van der Waals surface area contributed by atoms with Crippen LogP contribution in [0.25, 0.3) is 10.7 Å². The van der Waals surface area contributed by atoms with E-state index in [0.29, 0.717) is 18.4 Å². The molecule has 0 bridgehead atoms. The van der Waals surface area contributed by atoms with Crippen LogP contribution >= 0.6 is 11.3 Å². The standard InChI is InChI=1S/C21H31N5OS/c1-13(2)9-15(11-26-12-17(24-25-26)20-22-7-8-28-20)23-19(27)18-16(10-14(3)4)21(18,5)6/h7-8,10,12-13,15-16,18H,9,11H2,1-6H3,(H,23,27)/t15-,16?,18?/m0/s1. The Hall–Kier alpha value is -2.02. The Kier molecular flexibility index (Phi) is 6.03. The Labute approximate surface area is 171 Å². The summed E-state index contributed by atoms with van der Waals surface area (Å²) in [4.78, 5) is 17.3. The highest BCUT2D eigenvalue weighted by molar-refractivity contribution is 7.13. The van der Waals surface area contributed by atoms with E-state index in [4.69, 9.17) is 0 Å². The van der Waals surface area contributed by atoms with Gasteiger partial charge < -0.3 is 5.32 Å². The summed E-state index contributed by atoms with van der Waals surface area (Å²) < 4.78 is 1.82. The molecule has 1 aliphatic rings. The molecule has 1 aliphatic carbocycles. The Morgan fingerprint density at radius 2 is 2.14 bits per heavy atom. The lowest BCUT2D eigenvalue weighted by Crippen LogP contribution is -2.40. The molecule has 2 aromatic heterocycles. The molecule has 1 saturated carbocycles. The molecule has 1 N–H and O–H groups in total. The van der Waals surface area contributed by atoms with Crippen LogP contribution in [-0.2, 0) is 11.3 Å². The molecule has 3 rings (SSSR count). The molecule has 0 aromatic carbocycles. The summed E-state index contributed by atoms with van der Waals surface area (Å²) in [5.74, 6) is 0.991. The van der Waals surface area contributed by atoms with Gasteiger partial charge in [0.15, 0.2) is 0 Å². The largest absolute Gasteiger partial charge is 0.351 e. The molecule has 0 saturated heterocycles. The van der Waals surface area contributed by atoms with Gasteiger partial charge in [-0.25, -0.2) is 9.67 Å². The Balaban J connectivity index is 1.67. The number of rotatable bonds is 8. The molecule has 2 heterocycles. The lowest BCUT2D eigenvalue weighted by atomic mass is 10.0. The number of carbonyl (C=O) groups excluding carboxylic acids is 1. The molecular formula is C21H31N5OS. The molecule has 2 unspecified atom stereocenters. The zero-order chi connectivity index (χ0) is 20.5. The van der Waals surface area contributed by atoms with Gasteiger partial charge in [0.2, 0.25) is 5.91 Å². The number of hydrogen-bond acceptors (Lipinski definition) is 5. The van der Waals surface area contributed by atoms with Gasteiger partial charge >= 0.3 is 0 Å². The van der Waals surface area contributed by atoms with Crippen molar-refractivity contribution in [2.45, 2.75) is 60.5 Å². The number of aromatic nitrogens is 4. The van der Waals surface area contributed by atoms with Crippen LogP contribution in [0.3, 0.4) is 0 Å². The van der Waals surface area contributed by atoms with Crippen LogP contribution in [-0.4, -0.2) is 31.9 Å². The fourth-order valence-electron chi connectivity index (χ4n) is 3.95. The molecule has 28 heavy (non-hydrogen) atoms. The van der Waals surface area contributed by atoms with E-state index >= 15 is 0 Å². The van der Waals surface area contributed by atoms with Crippen LogP contribution in [0.15, 0.2) is 29.4 Å². The van der Waals surface area contributed by atoms with Gasteiger partial charge in [-0.05, 0) is 37.5 Å². The number of nitrogens with one attached hydrogen (secondary N) is 1. The minimum Gasteiger partial charge on any atom is -0.351 e. The second kappa shape index (κ2) is 8.15. The van der Waals surface area contributed by atoms with Crippen LogP contribution in [0.4, 0.5) is 0 Å². The van der Waals surface area contributed by atoms with E-state index in [1.807, 2.05) is 16.3 Å². The van der Waals surface area contributed by atoms with Gasteiger partial charge in [-0.2, -0.15) is 0 Å². The number of hydrogen-bond donors (Lipinski definition) is 1. The van der Waals surface area contributed by atoms with Crippen molar-refractivity contribution in [2.75, 3.05) is 0 Å². The fraction of sp³-hybridized carbons (Fsp3) is 0.619. The molecule has 1 fully saturated rings. The molecule has 2 aromatic rings. The first-order valence-electron chi connectivity index (χ1n) is 9.94. The molecular weight excluding hydrogens is 370 g/mol. The molecule has 152 valence electrons. The van der Waals surface area contributed by atoms with E-state index in [0.717, 1.165) is 17.1 Å². The maximum atomic E-state index is 13.0. The van der Waals surface area contributed by atoms with Gasteiger partial charge in [0.25, 0.3) is 0 Å². The van der Waals surface area contributed by atoms with Crippen molar-refractivity contribution in [3.05, 3.63) is 29.4 Å². The Morgan fingerprint density at radius 3 is 2.75 bits per heavy atom. The third kappa shape index (κ3) is 4.69. The number of nitrogens with zero attached hydrogens (tertiary/aromatic N) is 4. The molecule has 0 radical (unpaired) electrons. The van der Waals surface area contributed by atoms with Crippen LogP contribution in [0, 0.1) is 23.2 Å². The maximum absolute atomic E-state index is 13.0. The summed E-state index contributed by atoms with van der Waals surface area (Å²) in [6, 6.07) is 0.0297. The lowest BCUT2D eigenvalue weighted by Gasteiger charge is -2.21. The molecule has 3 atom stereocenters. The van der Waals surface area contributed by atoms with E-state index < -0.39 is 0 Å². The van der Waals surface area contributed by atoms with Crippen molar-refractivity contribution in [3.63, 3.8) is 0 Å². The van der Waals surface area contributed by atoms with E-state index in [1.54, 1.807) is 17.5 Å². The third-order valence-electron chi connectivity index (χ3n) is 5.41. The van der Waals surface area contributed by atoms with Gasteiger partial charge in [0, 0.05) is 17.6 Å². The van der Waals surface area contributed by atoms with Gasteiger partial charge in [0.1, 0.15) is 10.7 Å². The smallest absolute Gasteiger partial charge is 0.224 e. The first kappa shape index (κ1) is 20.7. The number of thiazole rings is 1. The maximum Gasteiger partial charge on any atom is 0.224 e. The SMILES string of the molecule is CC(C)=CC1C(C(=O)N[C@@H](CC(C)C)Cn2cc(-c3nccs3)nn2)C1(C)C. The van der Waals surface area contributed by atoms with Gasteiger partial charge in [-0.3, -0.25) is 4.79 Å². The van der Waals surface area contributed by atoms with Gasteiger partial charge in [0.05, 0.1) is 18.7 Å². The monoisotopic (exact) mass is 401 g/mol. The first-order chi connectivity index (χ1) is 13.2. The predicted molar refractivity (Wildman–Crippen MR) is 113 cm³/mol. The second-order valence-electron chi connectivity index (χ2n) is 9.07. The van der Waals surface area contributed by atoms with E-state index in [9.17, 15) is 4.79 Å². The number of allylic oxidation sites excluding steroid dienone is 2. The summed E-state index contributed by atoms with van der Waals surface area (Å²) in [6.07, 6.45) is 6.81. The molecule has 1 amide bonds. The normalized spacial score (nSPS) is 21.4. The van der Waals surface area contributed by atoms with E-state index in [-0.39, 0.29) is 23.3 Å². The average molecular weight is 402 g/mol. The van der Waals surface area contributed by atoms with Crippen LogP contribution in [0.2, 0.25) is 0 Å².